The molecule has 0 N–H and O–H groups in total. The van der Waals surface area contributed by atoms with E-state index in [9.17, 15) is 0 Å². The molecule has 2 rings (SSSR count). The molecule has 1 saturated carbocycles. The molecule has 0 spiro atoms. The minimum atomic E-state index is 0.571. The van der Waals surface area contributed by atoms with Crippen LogP contribution in [0.15, 0.2) is 23.8 Å². The average Bonchev–Trinajstić information content (AvgIpc) is 2.17. The molecule has 12 heavy (non-hydrogen) atoms. The van der Waals surface area contributed by atoms with E-state index in [0.717, 1.165) is 5.92 Å². The summed E-state index contributed by atoms with van der Waals surface area (Å²) in [6.45, 7) is 4.79. The Labute approximate surface area is 75.4 Å². The third-order valence-electron chi connectivity index (χ3n) is 3.13. The molecule has 0 amide bonds. The van der Waals surface area contributed by atoms with E-state index >= 15 is 0 Å². The molecule has 0 bridgehead atoms. The van der Waals surface area contributed by atoms with Gasteiger partial charge in [-0.25, -0.2) is 0 Å². The molecule has 1 fully saturated rings. The molecule has 0 aliphatic heterocycles. The smallest absolute Gasteiger partial charge is 0.0192 e. The molecule has 0 radical (unpaired) electrons. The van der Waals surface area contributed by atoms with E-state index in [1.807, 2.05) is 0 Å². The number of fused-ring (bicyclic) bond motifs is 1. The molecule has 2 aliphatic rings. The third-order valence-corrected chi connectivity index (χ3v) is 3.13. The predicted molar refractivity (Wildman–Crippen MR) is 53.0 cm³/mol. The van der Waals surface area contributed by atoms with Gasteiger partial charge in [0.15, 0.2) is 0 Å². The van der Waals surface area contributed by atoms with Crippen LogP contribution in [0.25, 0.3) is 0 Å². The lowest BCUT2D eigenvalue weighted by Crippen LogP contribution is -2.04. The summed E-state index contributed by atoms with van der Waals surface area (Å²) < 4.78 is 0. The minimum Gasteiger partial charge on any atom is -0.0845 e. The molecule has 0 aromatic heterocycles. The summed E-state index contributed by atoms with van der Waals surface area (Å²) in [6.07, 6.45) is 12.3. The van der Waals surface area contributed by atoms with Gasteiger partial charge in [-0.15, -0.1) is 0 Å². The summed E-state index contributed by atoms with van der Waals surface area (Å²) in [5.41, 5.74) is 2.27. The van der Waals surface area contributed by atoms with Crippen molar-refractivity contribution >= 4 is 0 Å². The zero-order valence-corrected chi connectivity index (χ0v) is 8.14. The highest BCUT2D eigenvalue weighted by molar-refractivity contribution is 5.23. The SMILES string of the molecule is CC1(C)CC2=CC=CCCC2C1. The van der Waals surface area contributed by atoms with Gasteiger partial charge < -0.3 is 0 Å². The van der Waals surface area contributed by atoms with Crippen LogP contribution >= 0.6 is 0 Å². The second-order valence-electron chi connectivity index (χ2n) is 4.99. The Morgan fingerprint density at radius 3 is 3.08 bits per heavy atom. The van der Waals surface area contributed by atoms with E-state index in [1.54, 1.807) is 5.57 Å². The first-order valence-corrected chi connectivity index (χ1v) is 5.03. The lowest BCUT2D eigenvalue weighted by molar-refractivity contribution is 0.355. The molecule has 66 valence electrons. The Morgan fingerprint density at radius 2 is 2.25 bits per heavy atom. The highest BCUT2D eigenvalue weighted by Gasteiger charge is 2.34. The molecular weight excluding hydrogens is 144 g/mol. The predicted octanol–water partition coefficient (Wildman–Crippen LogP) is 3.70. The highest BCUT2D eigenvalue weighted by Crippen LogP contribution is 2.47. The second kappa shape index (κ2) is 2.76. The number of rotatable bonds is 0. The normalized spacial score (nSPS) is 32.5. The fourth-order valence-electron chi connectivity index (χ4n) is 2.63. The summed E-state index contributed by atoms with van der Waals surface area (Å²) in [5, 5.41) is 0. The van der Waals surface area contributed by atoms with Gasteiger partial charge in [-0.1, -0.05) is 37.6 Å². The van der Waals surface area contributed by atoms with Crippen LogP contribution in [0.5, 0.6) is 0 Å². The molecule has 0 heteroatoms. The highest BCUT2D eigenvalue weighted by atomic mass is 14.4. The summed E-state index contributed by atoms with van der Waals surface area (Å²) in [5.74, 6) is 0.898. The van der Waals surface area contributed by atoms with Crippen LogP contribution in [-0.2, 0) is 0 Å². The van der Waals surface area contributed by atoms with Crippen LogP contribution in [0.3, 0.4) is 0 Å². The van der Waals surface area contributed by atoms with Crippen molar-refractivity contribution in [2.75, 3.05) is 0 Å². The van der Waals surface area contributed by atoms with Gasteiger partial charge in [-0.05, 0) is 37.0 Å². The molecule has 0 heterocycles. The minimum absolute atomic E-state index is 0.571. The Balaban J connectivity index is 2.20. The third kappa shape index (κ3) is 1.48. The van der Waals surface area contributed by atoms with Crippen molar-refractivity contribution < 1.29 is 0 Å². The fourth-order valence-corrected chi connectivity index (χ4v) is 2.63. The first-order chi connectivity index (χ1) is 5.67. The zero-order valence-electron chi connectivity index (χ0n) is 8.14. The number of hydrogen-bond acceptors (Lipinski definition) is 0. The Morgan fingerprint density at radius 1 is 1.42 bits per heavy atom. The van der Waals surface area contributed by atoms with Gasteiger partial charge in [0.05, 0.1) is 0 Å². The monoisotopic (exact) mass is 162 g/mol. The Kier molecular flexibility index (Phi) is 1.86. The van der Waals surface area contributed by atoms with Crippen LogP contribution in [0.4, 0.5) is 0 Å². The maximum atomic E-state index is 2.40. The molecule has 1 atom stereocenters. The van der Waals surface area contributed by atoms with Crippen molar-refractivity contribution in [1.29, 1.82) is 0 Å². The van der Waals surface area contributed by atoms with Gasteiger partial charge in [0.25, 0.3) is 0 Å². The molecule has 0 nitrogen and oxygen atoms in total. The maximum Gasteiger partial charge on any atom is -0.0192 e. The van der Waals surface area contributed by atoms with Crippen molar-refractivity contribution in [3.63, 3.8) is 0 Å². The van der Waals surface area contributed by atoms with E-state index in [1.165, 1.54) is 25.7 Å². The lowest BCUT2D eigenvalue weighted by atomic mass is 9.89. The van der Waals surface area contributed by atoms with Crippen LogP contribution < -0.4 is 0 Å². The van der Waals surface area contributed by atoms with E-state index in [2.05, 4.69) is 32.1 Å². The molecule has 0 aromatic rings. The second-order valence-corrected chi connectivity index (χ2v) is 4.99. The largest absolute Gasteiger partial charge is 0.0845 e. The van der Waals surface area contributed by atoms with Gasteiger partial charge >= 0.3 is 0 Å². The standard InChI is InChI=1S/C12H18/c1-12(2)8-10-6-4-3-5-7-11(10)9-12/h3-4,6,11H,5,7-9H2,1-2H3. The summed E-state index contributed by atoms with van der Waals surface area (Å²) >= 11 is 0. The summed E-state index contributed by atoms with van der Waals surface area (Å²) in [4.78, 5) is 0. The van der Waals surface area contributed by atoms with Gasteiger partial charge in [-0.2, -0.15) is 0 Å². The van der Waals surface area contributed by atoms with Gasteiger partial charge in [0.1, 0.15) is 0 Å². The topological polar surface area (TPSA) is 0 Å². The quantitative estimate of drug-likeness (QED) is 0.509. The first kappa shape index (κ1) is 8.10. The van der Waals surface area contributed by atoms with Crippen molar-refractivity contribution in [2.24, 2.45) is 11.3 Å². The summed E-state index contributed by atoms with van der Waals surface area (Å²) in [6, 6.07) is 0. The van der Waals surface area contributed by atoms with Crippen LogP contribution in [0.2, 0.25) is 0 Å². The van der Waals surface area contributed by atoms with Crippen molar-refractivity contribution in [3.05, 3.63) is 23.8 Å². The van der Waals surface area contributed by atoms with E-state index in [-0.39, 0.29) is 0 Å². The van der Waals surface area contributed by atoms with E-state index in [4.69, 9.17) is 0 Å². The summed E-state index contributed by atoms with van der Waals surface area (Å²) in [7, 11) is 0. The first-order valence-electron chi connectivity index (χ1n) is 5.03. The zero-order chi connectivity index (χ0) is 8.60. The van der Waals surface area contributed by atoms with Gasteiger partial charge in [0, 0.05) is 0 Å². The molecule has 2 aliphatic carbocycles. The molecular formula is C12H18. The van der Waals surface area contributed by atoms with Crippen LogP contribution in [0.1, 0.15) is 39.5 Å². The van der Waals surface area contributed by atoms with Gasteiger partial charge in [-0.3, -0.25) is 0 Å². The molecule has 0 aromatic carbocycles. The van der Waals surface area contributed by atoms with E-state index < -0.39 is 0 Å². The van der Waals surface area contributed by atoms with Gasteiger partial charge in [0.2, 0.25) is 0 Å². The fraction of sp³-hybridized carbons (Fsp3) is 0.667. The van der Waals surface area contributed by atoms with E-state index in [0.29, 0.717) is 5.41 Å². The van der Waals surface area contributed by atoms with Crippen molar-refractivity contribution in [1.82, 2.24) is 0 Å². The Bertz CT molecular complexity index is 230. The van der Waals surface area contributed by atoms with Crippen molar-refractivity contribution in [3.8, 4) is 0 Å². The van der Waals surface area contributed by atoms with Crippen LogP contribution in [0, 0.1) is 11.3 Å². The maximum absolute atomic E-state index is 2.40. The van der Waals surface area contributed by atoms with Crippen molar-refractivity contribution in [2.45, 2.75) is 39.5 Å². The Hall–Kier alpha value is -0.520. The average molecular weight is 162 g/mol. The molecule has 0 saturated heterocycles. The molecule has 1 unspecified atom stereocenters. The lowest BCUT2D eigenvalue weighted by Gasteiger charge is -2.15. The van der Waals surface area contributed by atoms with Crippen LogP contribution in [-0.4, -0.2) is 0 Å². The number of hydrogen-bond donors (Lipinski definition) is 0. The number of allylic oxidation sites excluding steroid dienone is 4.